The molecule has 1 aromatic heterocycles. The van der Waals surface area contributed by atoms with Gasteiger partial charge in [0.05, 0.1) is 16.9 Å². The molecule has 0 saturated heterocycles. The molecule has 0 aliphatic carbocycles. The van der Waals surface area contributed by atoms with Crippen LogP contribution in [0.3, 0.4) is 0 Å². The fraction of sp³-hybridized carbons (Fsp3) is 0.286. The van der Waals surface area contributed by atoms with Crippen molar-refractivity contribution in [3.63, 3.8) is 0 Å². The number of hydrogen-bond donors (Lipinski definition) is 2. The number of halogens is 5. The van der Waals surface area contributed by atoms with Crippen LogP contribution in [0.4, 0.5) is 33.3 Å². The van der Waals surface area contributed by atoms with Crippen molar-refractivity contribution in [2.24, 2.45) is 0 Å². The highest BCUT2D eigenvalue weighted by atomic mass is 19.4. The molecule has 0 saturated carbocycles. The van der Waals surface area contributed by atoms with Crippen LogP contribution in [0.25, 0.3) is 0 Å². The Morgan fingerprint density at radius 1 is 1.13 bits per heavy atom. The van der Waals surface area contributed by atoms with Gasteiger partial charge in [-0.05, 0) is 0 Å². The van der Waals surface area contributed by atoms with E-state index in [0.29, 0.717) is 6.20 Å². The average molecular weight is 227 g/mol. The third-order valence-corrected chi connectivity index (χ3v) is 1.69. The van der Waals surface area contributed by atoms with E-state index >= 15 is 0 Å². The second kappa shape index (κ2) is 3.52. The fourth-order valence-corrected chi connectivity index (χ4v) is 0.956. The lowest BCUT2D eigenvalue weighted by atomic mass is 10.1. The summed E-state index contributed by atoms with van der Waals surface area (Å²) in [6.45, 7) is 0. The van der Waals surface area contributed by atoms with Gasteiger partial charge >= 0.3 is 6.18 Å². The first-order chi connectivity index (χ1) is 6.75. The predicted molar refractivity (Wildman–Crippen MR) is 43.0 cm³/mol. The standard InChI is InChI=1S/C7H6F5N3/c8-6(9)2-1-15-5(7(10,11)12)4(14)3(2)13/h1,6H,14H2,(H2,13,15). The minimum absolute atomic E-state index is 0.374. The van der Waals surface area contributed by atoms with Gasteiger partial charge in [0.15, 0.2) is 5.69 Å². The maximum atomic E-state index is 12.2. The molecule has 1 rings (SSSR count). The molecule has 1 heterocycles. The van der Waals surface area contributed by atoms with Gasteiger partial charge in [0.25, 0.3) is 6.43 Å². The lowest BCUT2D eigenvalue weighted by Gasteiger charge is -2.13. The Morgan fingerprint density at radius 2 is 1.67 bits per heavy atom. The first kappa shape index (κ1) is 11.5. The third kappa shape index (κ3) is 2.08. The molecule has 15 heavy (non-hydrogen) atoms. The highest BCUT2D eigenvalue weighted by Crippen LogP contribution is 2.37. The normalized spacial score (nSPS) is 12.1. The highest BCUT2D eigenvalue weighted by Gasteiger charge is 2.36. The van der Waals surface area contributed by atoms with Crippen LogP contribution in [0.1, 0.15) is 17.7 Å². The Kier molecular flexibility index (Phi) is 2.69. The number of aromatic nitrogens is 1. The molecule has 0 aliphatic rings. The van der Waals surface area contributed by atoms with Gasteiger partial charge in [0.1, 0.15) is 0 Å². The number of anilines is 2. The largest absolute Gasteiger partial charge is 0.435 e. The van der Waals surface area contributed by atoms with E-state index in [9.17, 15) is 22.0 Å². The summed E-state index contributed by atoms with van der Waals surface area (Å²) in [7, 11) is 0. The molecule has 3 nitrogen and oxygen atoms in total. The van der Waals surface area contributed by atoms with Crippen molar-refractivity contribution in [1.82, 2.24) is 4.98 Å². The van der Waals surface area contributed by atoms with Crippen molar-refractivity contribution in [2.45, 2.75) is 12.6 Å². The number of alkyl halides is 5. The average Bonchev–Trinajstić information content (AvgIpc) is 2.06. The van der Waals surface area contributed by atoms with Gasteiger partial charge in [-0.3, -0.25) is 0 Å². The Morgan fingerprint density at radius 3 is 2.07 bits per heavy atom. The second-order valence-electron chi connectivity index (χ2n) is 2.69. The van der Waals surface area contributed by atoms with Crippen LogP contribution in [0.2, 0.25) is 0 Å². The third-order valence-electron chi connectivity index (χ3n) is 1.69. The van der Waals surface area contributed by atoms with Crippen LogP contribution in [-0.2, 0) is 6.18 Å². The van der Waals surface area contributed by atoms with Gasteiger partial charge < -0.3 is 11.5 Å². The summed E-state index contributed by atoms with van der Waals surface area (Å²) < 4.78 is 60.9. The molecule has 0 bridgehead atoms. The first-order valence-electron chi connectivity index (χ1n) is 3.64. The zero-order chi connectivity index (χ0) is 11.8. The van der Waals surface area contributed by atoms with E-state index in [-0.39, 0.29) is 0 Å². The first-order valence-corrected chi connectivity index (χ1v) is 3.64. The van der Waals surface area contributed by atoms with Crippen molar-refractivity contribution < 1.29 is 22.0 Å². The molecule has 8 heteroatoms. The molecule has 84 valence electrons. The monoisotopic (exact) mass is 227 g/mol. The molecule has 0 spiro atoms. The molecular weight excluding hydrogens is 221 g/mol. The molecule has 0 unspecified atom stereocenters. The van der Waals surface area contributed by atoms with Crippen LogP contribution in [0, 0.1) is 0 Å². The van der Waals surface area contributed by atoms with Crippen LogP contribution in [0.5, 0.6) is 0 Å². The Balaban J connectivity index is 3.34. The van der Waals surface area contributed by atoms with Gasteiger partial charge in [-0.25, -0.2) is 13.8 Å². The summed E-state index contributed by atoms with van der Waals surface area (Å²) in [5.74, 6) is 0. The van der Waals surface area contributed by atoms with Gasteiger partial charge in [-0.2, -0.15) is 13.2 Å². The van der Waals surface area contributed by atoms with Crippen molar-refractivity contribution in [3.05, 3.63) is 17.5 Å². The lowest BCUT2D eigenvalue weighted by Crippen LogP contribution is -2.14. The van der Waals surface area contributed by atoms with E-state index < -0.39 is 35.2 Å². The van der Waals surface area contributed by atoms with Crippen molar-refractivity contribution in [1.29, 1.82) is 0 Å². The Hall–Kier alpha value is -1.60. The van der Waals surface area contributed by atoms with E-state index in [0.717, 1.165) is 0 Å². The van der Waals surface area contributed by atoms with Gasteiger partial charge in [-0.15, -0.1) is 0 Å². The quantitative estimate of drug-likeness (QED) is 0.723. The van der Waals surface area contributed by atoms with E-state index in [1.807, 2.05) is 0 Å². The lowest BCUT2D eigenvalue weighted by molar-refractivity contribution is -0.140. The zero-order valence-corrected chi connectivity index (χ0v) is 7.15. The van der Waals surface area contributed by atoms with Gasteiger partial charge in [0, 0.05) is 6.20 Å². The van der Waals surface area contributed by atoms with Gasteiger partial charge in [0.2, 0.25) is 0 Å². The van der Waals surface area contributed by atoms with Crippen molar-refractivity contribution >= 4 is 11.4 Å². The number of nitrogen functional groups attached to an aromatic ring is 2. The molecule has 0 aliphatic heterocycles. The number of rotatable bonds is 1. The smallest absolute Gasteiger partial charge is 0.397 e. The van der Waals surface area contributed by atoms with Crippen molar-refractivity contribution in [3.8, 4) is 0 Å². The number of pyridine rings is 1. The minimum atomic E-state index is -4.81. The van der Waals surface area contributed by atoms with Crippen LogP contribution < -0.4 is 11.5 Å². The van der Waals surface area contributed by atoms with E-state index in [1.165, 1.54) is 0 Å². The molecular formula is C7H6F5N3. The van der Waals surface area contributed by atoms with E-state index in [1.54, 1.807) is 0 Å². The second-order valence-corrected chi connectivity index (χ2v) is 2.69. The molecule has 1 aromatic rings. The maximum absolute atomic E-state index is 12.2. The summed E-state index contributed by atoms with van der Waals surface area (Å²) in [4.78, 5) is 2.82. The predicted octanol–water partition coefficient (Wildman–Crippen LogP) is 2.20. The molecule has 0 fully saturated rings. The Bertz CT molecular complexity index is 374. The van der Waals surface area contributed by atoms with E-state index in [4.69, 9.17) is 11.5 Å². The number of hydrogen-bond acceptors (Lipinski definition) is 3. The number of nitrogens with two attached hydrogens (primary N) is 2. The maximum Gasteiger partial charge on any atom is 0.435 e. The summed E-state index contributed by atoms with van der Waals surface area (Å²) in [6, 6.07) is 0. The zero-order valence-electron chi connectivity index (χ0n) is 7.15. The van der Waals surface area contributed by atoms with Crippen LogP contribution in [-0.4, -0.2) is 4.98 Å². The Labute approximate surface area is 80.9 Å². The minimum Gasteiger partial charge on any atom is -0.397 e. The van der Waals surface area contributed by atoms with Crippen LogP contribution >= 0.6 is 0 Å². The molecule has 4 N–H and O–H groups in total. The number of nitrogens with zero attached hydrogens (tertiary/aromatic N) is 1. The van der Waals surface area contributed by atoms with Crippen molar-refractivity contribution in [2.75, 3.05) is 11.5 Å². The summed E-state index contributed by atoms with van der Waals surface area (Å²) in [6.07, 6.45) is -7.44. The topological polar surface area (TPSA) is 64.9 Å². The summed E-state index contributed by atoms with van der Waals surface area (Å²) in [5, 5.41) is 0. The van der Waals surface area contributed by atoms with Gasteiger partial charge in [-0.1, -0.05) is 0 Å². The summed E-state index contributed by atoms with van der Waals surface area (Å²) >= 11 is 0. The molecule has 0 radical (unpaired) electrons. The summed E-state index contributed by atoms with van der Waals surface area (Å²) in [5.41, 5.74) is 5.99. The highest BCUT2D eigenvalue weighted by molar-refractivity contribution is 5.69. The fourth-order valence-electron chi connectivity index (χ4n) is 0.956. The molecule has 0 amide bonds. The van der Waals surface area contributed by atoms with E-state index in [2.05, 4.69) is 4.98 Å². The molecule has 0 atom stereocenters. The molecule has 0 aromatic carbocycles. The van der Waals surface area contributed by atoms with Crippen LogP contribution in [0.15, 0.2) is 6.20 Å². The SMILES string of the molecule is Nc1c(C(F)F)cnc(C(F)(F)F)c1N.